The van der Waals surface area contributed by atoms with E-state index in [9.17, 15) is 23.1 Å². The number of carboxylic acid groups (broad SMARTS) is 1. The summed E-state index contributed by atoms with van der Waals surface area (Å²) in [4.78, 5) is 22.8. The SMILES string of the molecule is CCC1(C(=O)O)CCCN(c2cccc(SNc3ccc(C(F)(F)F)c(-c4ccccc4C)n3)n2)C1. The third-order valence-electron chi connectivity index (χ3n) is 6.60. The normalized spacial score (nSPS) is 18.2. The van der Waals surface area contributed by atoms with E-state index in [0.717, 1.165) is 24.4 Å². The minimum atomic E-state index is -4.54. The maximum absolute atomic E-state index is 13.7. The largest absolute Gasteiger partial charge is 0.481 e. The molecule has 6 nitrogen and oxygen atoms in total. The van der Waals surface area contributed by atoms with E-state index in [-0.39, 0.29) is 11.5 Å². The predicted molar refractivity (Wildman–Crippen MR) is 135 cm³/mol. The molecule has 4 rings (SSSR count). The molecular formula is C26H27F3N4O2S. The molecule has 10 heteroatoms. The van der Waals surface area contributed by atoms with Crippen LogP contribution in [0.25, 0.3) is 11.3 Å². The molecule has 1 unspecified atom stereocenters. The zero-order valence-corrected chi connectivity index (χ0v) is 20.8. The van der Waals surface area contributed by atoms with Crippen LogP contribution in [0.3, 0.4) is 0 Å². The number of carboxylic acids is 1. The number of nitrogens with zero attached hydrogens (tertiary/aromatic N) is 3. The van der Waals surface area contributed by atoms with Crippen molar-refractivity contribution in [3.8, 4) is 11.3 Å². The molecule has 3 aromatic rings. The standard InChI is InChI=1S/C26H27F3N4O2S/c1-3-25(24(34)35)14-7-15-33(16-25)21-10-6-11-22(31-21)36-32-20-13-12-19(26(27,28)29)23(30-20)18-9-5-4-8-17(18)2/h4-6,8-13H,3,7,14-16H2,1-2H3,(H,30,32)(H,34,35). The second kappa shape index (κ2) is 10.4. The van der Waals surface area contributed by atoms with Gasteiger partial charge in [-0.05, 0) is 56.0 Å². The maximum Gasteiger partial charge on any atom is 0.418 e. The van der Waals surface area contributed by atoms with Crippen LogP contribution in [0.1, 0.15) is 37.3 Å². The lowest BCUT2D eigenvalue weighted by Crippen LogP contribution is -2.47. The molecule has 3 heterocycles. The van der Waals surface area contributed by atoms with Gasteiger partial charge < -0.3 is 14.7 Å². The van der Waals surface area contributed by atoms with E-state index < -0.39 is 23.1 Å². The Bertz CT molecular complexity index is 1250. The first-order chi connectivity index (χ1) is 17.1. The minimum Gasteiger partial charge on any atom is -0.481 e. The topological polar surface area (TPSA) is 78.4 Å². The van der Waals surface area contributed by atoms with Gasteiger partial charge in [-0.25, -0.2) is 9.97 Å². The average Bonchev–Trinajstić information content (AvgIpc) is 2.87. The molecule has 0 amide bonds. The van der Waals surface area contributed by atoms with Gasteiger partial charge in [-0.15, -0.1) is 0 Å². The first-order valence-electron chi connectivity index (χ1n) is 11.7. The van der Waals surface area contributed by atoms with Gasteiger partial charge in [-0.3, -0.25) is 4.79 Å². The summed E-state index contributed by atoms with van der Waals surface area (Å²) in [6, 6.07) is 14.6. The van der Waals surface area contributed by atoms with Crippen molar-refractivity contribution in [3.63, 3.8) is 0 Å². The fourth-order valence-corrected chi connectivity index (χ4v) is 5.08. The molecule has 1 atom stereocenters. The van der Waals surface area contributed by atoms with Gasteiger partial charge in [0.15, 0.2) is 0 Å². The number of carbonyl (C=O) groups is 1. The van der Waals surface area contributed by atoms with E-state index in [1.807, 2.05) is 24.0 Å². The van der Waals surface area contributed by atoms with Gasteiger partial charge in [0.25, 0.3) is 0 Å². The molecule has 1 aromatic carbocycles. The molecular weight excluding hydrogens is 489 g/mol. The molecule has 1 fully saturated rings. The van der Waals surface area contributed by atoms with Gasteiger partial charge in [0.1, 0.15) is 16.7 Å². The van der Waals surface area contributed by atoms with E-state index in [4.69, 9.17) is 0 Å². The first kappa shape index (κ1) is 25.8. The lowest BCUT2D eigenvalue weighted by Gasteiger charge is -2.40. The smallest absolute Gasteiger partial charge is 0.418 e. The van der Waals surface area contributed by atoms with Crippen LogP contribution >= 0.6 is 11.9 Å². The van der Waals surface area contributed by atoms with Crippen molar-refractivity contribution in [1.29, 1.82) is 0 Å². The molecule has 0 radical (unpaired) electrons. The maximum atomic E-state index is 13.7. The number of hydrogen-bond acceptors (Lipinski definition) is 6. The van der Waals surface area contributed by atoms with Crippen molar-refractivity contribution < 1.29 is 23.1 Å². The fourth-order valence-electron chi connectivity index (χ4n) is 4.47. The average molecular weight is 517 g/mol. The number of nitrogens with one attached hydrogen (secondary N) is 1. The van der Waals surface area contributed by atoms with Crippen LogP contribution in [0.5, 0.6) is 0 Å². The molecule has 1 aliphatic heterocycles. The van der Waals surface area contributed by atoms with Gasteiger partial charge >= 0.3 is 12.1 Å². The molecule has 0 bridgehead atoms. The summed E-state index contributed by atoms with van der Waals surface area (Å²) < 4.78 is 44.1. The lowest BCUT2D eigenvalue weighted by molar-refractivity contribution is -0.149. The highest BCUT2D eigenvalue weighted by Crippen LogP contribution is 2.39. The Morgan fingerprint density at radius 1 is 1.14 bits per heavy atom. The molecule has 0 aliphatic carbocycles. The summed E-state index contributed by atoms with van der Waals surface area (Å²) in [5.41, 5.74) is -0.610. The second-order valence-electron chi connectivity index (χ2n) is 8.91. The minimum absolute atomic E-state index is 0.134. The molecule has 1 saturated heterocycles. The molecule has 190 valence electrons. The summed E-state index contributed by atoms with van der Waals surface area (Å²) in [6.07, 6.45) is -2.61. The zero-order chi connectivity index (χ0) is 25.9. The van der Waals surface area contributed by atoms with E-state index in [1.165, 1.54) is 6.07 Å². The number of aryl methyl sites for hydroxylation is 1. The summed E-state index contributed by atoms with van der Waals surface area (Å²) in [6.45, 7) is 4.74. The van der Waals surface area contributed by atoms with Crippen molar-refractivity contribution in [3.05, 3.63) is 65.7 Å². The Morgan fingerprint density at radius 2 is 1.92 bits per heavy atom. The van der Waals surface area contributed by atoms with Crippen LogP contribution in [-0.2, 0) is 11.0 Å². The molecule has 36 heavy (non-hydrogen) atoms. The number of halogens is 3. The van der Waals surface area contributed by atoms with Gasteiger partial charge in [-0.2, -0.15) is 13.2 Å². The fraction of sp³-hybridized carbons (Fsp3) is 0.346. The number of piperidine rings is 1. The lowest BCUT2D eigenvalue weighted by atomic mass is 9.77. The van der Waals surface area contributed by atoms with E-state index in [1.54, 1.807) is 37.3 Å². The monoisotopic (exact) mass is 516 g/mol. The van der Waals surface area contributed by atoms with Crippen LogP contribution in [0, 0.1) is 12.3 Å². The third-order valence-corrected chi connectivity index (χ3v) is 7.35. The number of anilines is 2. The summed E-state index contributed by atoms with van der Waals surface area (Å²) in [5, 5.41) is 10.4. The zero-order valence-electron chi connectivity index (χ0n) is 20.0. The Hall–Kier alpha value is -3.27. The number of pyridine rings is 2. The van der Waals surface area contributed by atoms with Crippen LogP contribution in [-0.4, -0.2) is 34.1 Å². The Balaban J connectivity index is 1.55. The number of alkyl halides is 3. The van der Waals surface area contributed by atoms with E-state index in [0.29, 0.717) is 47.9 Å². The quantitative estimate of drug-likeness (QED) is 0.340. The Morgan fingerprint density at radius 3 is 2.61 bits per heavy atom. The van der Waals surface area contributed by atoms with E-state index >= 15 is 0 Å². The van der Waals surface area contributed by atoms with Gasteiger partial charge in [0.05, 0.1) is 16.7 Å². The highest BCUT2D eigenvalue weighted by Gasteiger charge is 2.41. The Kier molecular flexibility index (Phi) is 7.44. The van der Waals surface area contributed by atoms with E-state index in [2.05, 4.69) is 14.7 Å². The van der Waals surface area contributed by atoms with Crippen molar-refractivity contribution >= 4 is 29.6 Å². The van der Waals surface area contributed by atoms with Crippen LogP contribution in [0.15, 0.2) is 59.6 Å². The number of aliphatic carboxylic acids is 1. The van der Waals surface area contributed by atoms with Gasteiger partial charge in [-0.1, -0.05) is 37.3 Å². The summed E-state index contributed by atoms with van der Waals surface area (Å²) in [7, 11) is 0. The molecule has 2 N–H and O–H groups in total. The van der Waals surface area contributed by atoms with Gasteiger partial charge in [0.2, 0.25) is 0 Å². The van der Waals surface area contributed by atoms with Crippen LogP contribution < -0.4 is 9.62 Å². The van der Waals surface area contributed by atoms with Gasteiger partial charge in [0, 0.05) is 30.6 Å². The number of aromatic nitrogens is 2. The molecule has 1 aliphatic rings. The van der Waals surface area contributed by atoms with Crippen molar-refractivity contribution in [2.75, 3.05) is 22.7 Å². The second-order valence-corrected chi connectivity index (χ2v) is 9.73. The number of rotatable bonds is 7. The highest BCUT2D eigenvalue weighted by molar-refractivity contribution is 8.00. The Labute approximate surface area is 212 Å². The number of hydrogen-bond donors (Lipinski definition) is 2. The third kappa shape index (κ3) is 5.43. The van der Waals surface area contributed by atoms with Crippen LogP contribution in [0.2, 0.25) is 0 Å². The van der Waals surface area contributed by atoms with Crippen molar-refractivity contribution in [2.24, 2.45) is 5.41 Å². The van der Waals surface area contributed by atoms with Crippen molar-refractivity contribution in [1.82, 2.24) is 9.97 Å². The summed E-state index contributed by atoms with van der Waals surface area (Å²) in [5.74, 6) is 0.147. The molecule has 0 spiro atoms. The number of benzene rings is 1. The first-order valence-corrected chi connectivity index (χ1v) is 12.5. The summed E-state index contributed by atoms with van der Waals surface area (Å²) >= 11 is 1.14. The predicted octanol–water partition coefficient (Wildman–Crippen LogP) is 6.67. The molecule has 2 aromatic heterocycles. The van der Waals surface area contributed by atoms with Crippen molar-refractivity contribution in [2.45, 2.75) is 44.3 Å². The van der Waals surface area contributed by atoms with Crippen LogP contribution in [0.4, 0.5) is 24.8 Å². The molecule has 0 saturated carbocycles. The highest BCUT2D eigenvalue weighted by atomic mass is 32.2.